The molecule has 107 heavy (non-hydrogen) atoms. The summed E-state index contributed by atoms with van der Waals surface area (Å²) in [5.74, 6) is 1.93. The van der Waals surface area contributed by atoms with Crippen molar-refractivity contribution in [3.05, 3.63) is 354 Å². The third kappa shape index (κ3) is 11.5. The molecule has 2 aliphatic rings. The summed E-state index contributed by atoms with van der Waals surface area (Å²) < 4.78 is 14.3. The van der Waals surface area contributed by atoms with Gasteiger partial charge in [0.05, 0.1) is 16.7 Å². The maximum absolute atomic E-state index is 7.33. The second-order valence-corrected chi connectivity index (χ2v) is 33.2. The van der Waals surface area contributed by atoms with E-state index in [4.69, 9.17) is 9.72 Å². The summed E-state index contributed by atoms with van der Waals surface area (Å²) in [6.45, 7) is 28.7. The summed E-state index contributed by atoms with van der Waals surface area (Å²) in [5, 5.41) is 2.18. The van der Waals surface area contributed by atoms with Crippen LogP contribution in [-0.2, 0) is 48.1 Å². The monoisotopic (exact) mass is 1560 g/mol. The zero-order valence-electron chi connectivity index (χ0n) is 62.7. The van der Waals surface area contributed by atoms with Crippen molar-refractivity contribution < 1.29 is 30.4 Å². The zero-order chi connectivity index (χ0) is 72.8. The smallest absolute Gasteiger partial charge is 0.268 e. The van der Waals surface area contributed by atoms with Gasteiger partial charge in [-0.05, 0) is 204 Å². The Labute approximate surface area is 643 Å². The standard InChI is InChI=1S/C101H84N4O.Pt/c1-97(2,3)74-57-82-83-58-75(98(4,5)6)60-87(100(10,11)12)94(83)101(93(82)86(59-74)99(7,8)9)84-49-47-77(106-76-46-48-81-80-39-25-26-43-88(80)105(90(81)61-76)92-45-27-28-50-102-92)62-91(84)104-63-103(89-44-30-42-85(101)96(89)104)95-78(72-53-68(64-31-17-13-18-32-64)51-69(54-72)65-33-19-14-20-34-65)40-29-41-79(95)73-55-70(66-35-21-15-22-36-66)52-71(56-73)67-37-23-16-24-38-67;/h13-60H,1-12H3;/q-2;. The summed E-state index contributed by atoms with van der Waals surface area (Å²) in [6, 6.07) is 113. The quantitative estimate of drug-likeness (QED) is 0.101. The van der Waals surface area contributed by atoms with E-state index in [1.807, 2.05) is 24.4 Å². The predicted molar refractivity (Wildman–Crippen MR) is 438 cm³/mol. The fraction of sp³-hybridized carbons (Fsp3) is 0.168. The summed E-state index contributed by atoms with van der Waals surface area (Å²) >= 11 is 0. The van der Waals surface area contributed by atoms with Gasteiger partial charge in [-0.25, -0.2) is 4.98 Å². The second-order valence-electron chi connectivity index (χ2n) is 33.2. The van der Waals surface area contributed by atoms with Gasteiger partial charge in [-0.1, -0.05) is 295 Å². The fourth-order valence-electron chi connectivity index (χ4n) is 16.9. The van der Waals surface area contributed by atoms with Crippen molar-refractivity contribution in [1.29, 1.82) is 0 Å². The Bertz CT molecular complexity index is 5840. The molecule has 18 rings (SSSR count). The number of hydrogen-bond acceptors (Lipinski definition) is 2. The van der Waals surface area contributed by atoms with Gasteiger partial charge in [0.25, 0.3) is 6.33 Å². The van der Waals surface area contributed by atoms with Gasteiger partial charge in [0.15, 0.2) is 0 Å². The Morgan fingerprint density at radius 3 is 1.32 bits per heavy atom. The fourth-order valence-corrected chi connectivity index (χ4v) is 16.9. The summed E-state index contributed by atoms with van der Waals surface area (Å²) in [6.07, 6.45) is 6.14. The number of rotatable bonds is 10. The van der Waals surface area contributed by atoms with E-state index in [0.29, 0.717) is 11.5 Å². The molecule has 1 aliphatic carbocycles. The molecule has 0 saturated carbocycles. The predicted octanol–water partition coefficient (Wildman–Crippen LogP) is 25.5. The molecule has 0 unspecified atom stereocenters. The second kappa shape index (κ2) is 25.8. The molecule has 0 bridgehead atoms. The van der Waals surface area contributed by atoms with Crippen molar-refractivity contribution >= 4 is 32.8 Å². The van der Waals surface area contributed by atoms with E-state index in [1.54, 1.807) is 0 Å². The van der Waals surface area contributed by atoms with E-state index in [0.717, 1.165) is 122 Å². The van der Waals surface area contributed by atoms with E-state index in [-0.39, 0.29) is 42.7 Å². The average Bonchev–Trinajstić information content (AvgIpc) is 1.50. The van der Waals surface area contributed by atoms with E-state index in [9.17, 15) is 0 Å². The molecule has 5 nitrogen and oxygen atoms in total. The average molecular weight is 1560 g/mol. The number of imidazole rings is 1. The largest absolute Gasteiger partial charge is 0.510 e. The van der Waals surface area contributed by atoms with Gasteiger partial charge in [-0.2, -0.15) is 12.1 Å². The number of hydrogen-bond donors (Lipinski definition) is 0. The maximum atomic E-state index is 7.33. The van der Waals surface area contributed by atoms with Crippen molar-refractivity contribution in [3.8, 4) is 107 Å². The van der Waals surface area contributed by atoms with Crippen molar-refractivity contribution in [2.45, 2.75) is 110 Å². The van der Waals surface area contributed by atoms with Gasteiger partial charge >= 0.3 is 0 Å². The molecule has 13 aromatic carbocycles. The minimum absolute atomic E-state index is 0. The van der Waals surface area contributed by atoms with Crippen LogP contribution in [0.3, 0.4) is 0 Å². The normalized spacial score (nSPS) is 13.0. The van der Waals surface area contributed by atoms with Gasteiger partial charge in [0.2, 0.25) is 0 Å². The number of pyridine rings is 1. The van der Waals surface area contributed by atoms with E-state index < -0.39 is 5.41 Å². The molecule has 0 amide bonds. The molecule has 0 radical (unpaired) electrons. The molecule has 1 spiro atoms. The molecule has 0 N–H and O–H groups in total. The van der Waals surface area contributed by atoms with E-state index in [2.05, 4.69) is 382 Å². The molecule has 0 atom stereocenters. The minimum atomic E-state index is -0.910. The molecule has 6 heteroatoms. The Morgan fingerprint density at radius 1 is 0.374 bits per heavy atom. The molecule has 0 saturated heterocycles. The number of nitrogens with zero attached hydrogens (tertiary/aromatic N) is 4. The third-order valence-corrected chi connectivity index (χ3v) is 22.1. The molecule has 4 heterocycles. The van der Waals surface area contributed by atoms with Gasteiger partial charge in [-0.3, -0.25) is 4.57 Å². The van der Waals surface area contributed by atoms with Crippen LogP contribution < -0.4 is 9.30 Å². The third-order valence-electron chi connectivity index (χ3n) is 22.1. The van der Waals surface area contributed by atoms with Crippen LogP contribution in [0.15, 0.2) is 291 Å². The van der Waals surface area contributed by atoms with Crippen LogP contribution in [0.5, 0.6) is 11.5 Å². The SMILES string of the molecule is CC(C)(C)c1cc2c(c(C(C)(C)C)c1)C1(c3ccc(Oc4[c-]c5c(cc4)c4ccccc4n5-c4ccccn4)[c-]c3-n3[c-][n+](-c4c(-c5cc(-c6ccccc6)cc(-c6ccccc6)c5)cccc4-c4cc(-c5ccccc5)cc(-c5ccccc5)c4)c4cccc1c43)c1c-2cc(C(C)(C)C)cc1C(C)(C)C.[Pt]. The van der Waals surface area contributed by atoms with Crippen molar-refractivity contribution in [2.75, 3.05) is 0 Å². The summed E-state index contributed by atoms with van der Waals surface area (Å²) in [7, 11) is 0. The topological polar surface area (TPSA) is 35.9 Å². The van der Waals surface area contributed by atoms with Crippen LogP contribution in [-0.4, -0.2) is 14.1 Å². The Morgan fingerprint density at radius 2 is 0.832 bits per heavy atom. The first-order valence-corrected chi connectivity index (χ1v) is 37.2. The van der Waals surface area contributed by atoms with Gasteiger partial charge in [0, 0.05) is 49.7 Å². The Kier molecular flexibility index (Phi) is 16.6. The number of benzene rings is 13. The molecule has 1 aliphatic heterocycles. The first kappa shape index (κ1) is 68.9. The van der Waals surface area contributed by atoms with Crippen molar-refractivity contribution in [2.24, 2.45) is 0 Å². The van der Waals surface area contributed by atoms with Gasteiger partial charge in [-0.15, -0.1) is 35.2 Å². The van der Waals surface area contributed by atoms with Crippen LogP contribution in [0.2, 0.25) is 0 Å². The van der Waals surface area contributed by atoms with Gasteiger partial charge in [0.1, 0.15) is 5.82 Å². The molecular formula is C101H84N4OPt-2. The minimum Gasteiger partial charge on any atom is -0.510 e. The first-order chi connectivity index (χ1) is 51.1. The van der Waals surface area contributed by atoms with Crippen LogP contribution in [0, 0.1) is 18.5 Å². The Hall–Kier alpha value is -11.2. The molecule has 526 valence electrons. The molecule has 16 aromatic rings. The number of para-hydroxylation sites is 3. The van der Waals surface area contributed by atoms with E-state index >= 15 is 0 Å². The molecule has 3 aromatic heterocycles. The summed E-state index contributed by atoms with van der Waals surface area (Å²) in [4.78, 5) is 4.88. The van der Waals surface area contributed by atoms with Crippen LogP contribution in [0.1, 0.15) is 128 Å². The molecular weight excluding hydrogens is 1480 g/mol. The van der Waals surface area contributed by atoms with Crippen molar-refractivity contribution in [1.82, 2.24) is 14.1 Å². The van der Waals surface area contributed by atoms with Crippen LogP contribution in [0.25, 0.3) is 128 Å². The van der Waals surface area contributed by atoms with Gasteiger partial charge < -0.3 is 13.9 Å². The van der Waals surface area contributed by atoms with Crippen molar-refractivity contribution in [3.63, 3.8) is 0 Å². The number of aromatic nitrogens is 4. The van der Waals surface area contributed by atoms with Crippen LogP contribution >= 0.6 is 0 Å². The summed E-state index contributed by atoms with van der Waals surface area (Å²) in [5.41, 5.74) is 30.0. The van der Waals surface area contributed by atoms with Crippen LogP contribution in [0.4, 0.5) is 0 Å². The zero-order valence-corrected chi connectivity index (χ0v) is 65.0. The first-order valence-electron chi connectivity index (χ1n) is 37.2. The Balaban J connectivity index is 0.00000840. The number of fused-ring (bicyclic) bond motifs is 12. The van der Waals surface area contributed by atoms with E-state index in [1.165, 1.54) is 50.1 Å². The maximum Gasteiger partial charge on any atom is 0.268 e. The number of ether oxygens (including phenoxy) is 1. The molecule has 0 fully saturated rings.